The van der Waals surface area contributed by atoms with Gasteiger partial charge in [-0.3, -0.25) is 9.78 Å². The summed E-state index contributed by atoms with van der Waals surface area (Å²) in [5, 5.41) is 4.89. The number of hydrogen-bond donors (Lipinski definition) is 2. The molecule has 1 amide bonds. The summed E-state index contributed by atoms with van der Waals surface area (Å²) >= 11 is 0. The van der Waals surface area contributed by atoms with Crippen molar-refractivity contribution in [3.05, 3.63) is 35.5 Å². The molecule has 23 heavy (non-hydrogen) atoms. The van der Waals surface area contributed by atoms with Gasteiger partial charge in [0.2, 0.25) is 5.91 Å². The van der Waals surface area contributed by atoms with Crippen molar-refractivity contribution in [2.75, 3.05) is 11.9 Å². The molecule has 1 aliphatic carbocycles. The fourth-order valence-corrected chi connectivity index (χ4v) is 3.40. The van der Waals surface area contributed by atoms with E-state index in [1.165, 1.54) is 28.8 Å². The first kappa shape index (κ1) is 15.8. The first-order chi connectivity index (χ1) is 11.3. The average molecular weight is 311 g/mol. The number of fused-ring (bicyclic) bond motifs is 2. The largest absolute Gasteiger partial charge is 0.384 e. The fraction of sp³-hybridized carbons (Fsp3) is 0.474. The van der Waals surface area contributed by atoms with Crippen LogP contribution in [0.5, 0.6) is 0 Å². The number of para-hydroxylation sites is 1. The Kier molecular flexibility index (Phi) is 5.11. The molecule has 4 heteroatoms. The lowest BCUT2D eigenvalue weighted by Crippen LogP contribution is -2.09. The Labute approximate surface area is 137 Å². The predicted molar refractivity (Wildman–Crippen MR) is 94.5 cm³/mol. The van der Waals surface area contributed by atoms with Crippen LogP contribution in [0.25, 0.3) is 10.9 Å². The number of pyridine rings is 1. The summed E-state index contributed by atoms with van der Waals surface area (Å²) in [4.78, 5) is 15.5. The Morgan fingerprint density at radius 3 is 2.83 bits per heavy atom. The highest BCUT2D eigenvalue weighted by Gasteiger charge is 2.18. The zero-order valence-electron chi connectivity index (χ0n) is 13.6. The van der Waals surface area contributed by atoms with Gasteiger partial charge in [-0.25, -0.2) is 0 Å². The second kappa shape index (κ2) is 7.44. The summed E-state index contributed by atoms with van der Waals surface area (Å²) in [6.45, 7) is 0.969. The highest BCUT2D eigenvalue weighted by Crippen LogP contribution is 2.33. The molecule has 0 fully saturated rings. The van der Waals surface area contributed by atoms with Gasteiger partial charge in [0.05, 0.1) is 5.52 Å². The predicted octanol–water partition coefficient (Wildman–Crippen LogP) is 3.57. The number of benzene rings is 1. The number of hydrogen-bond acceptors (Lipinski definition) is 3. The normalized spacial score (nSPS) is 13.2. The van der Waals surface area contributed by atoms with Crippen molar-refractivity contribution in [3.8, 4) is 0 Å². The molecular formula is C19H25N3O. The molecular weight excluding hydrogens is 286 g/mol. The molecule has 0 saturated heterocycles. The standard InChI is InChI=1S/C19H25N3O/c20-18(23)12-3-1-2-6-13-21-19-14-8-4-5-10-16(14)22-17-11-7-9-15(17)19/h4-5,8,10H,1-3,6-7,9,11-13H2,(H2,20,23)(H,21,22). The van der Waals surface area contributed by atoms with E-state index in [-0.39, 0.29) is 5.91 Å². The van der Waals surface area contributed by atoms with Crippen molar-refractivity contribution in [1.29, 1.82) is 0 Å². The number of primary amides is 1. The van der Waals surface area contributed by atoms with E-state index in [0.717, 1.165) is 50.6 Å². The zero-order chi connectivity index (χ0) is 16.1. The van der Waals surface area contributed by atoms with Gasteiger partial charge in [-0.2, -0.15) is 0 Å². The molecule has 1 aromatic carbocycles. The second-order valence-corrected chi connectivity index (χ2v) is 6.34. The van der Waals surface area contributed by atoms with Crippen molar-refractivity contribution in [2.24, 2.45) is 5.73 Å². The molecule has 0 radical (unpaired) electrons. The van der Waals surface area contributed by atoms with Gasteiger partial charge in [0, 0.05) is 29.7 Å². The molecule has 0 bridgehead atoms. The minimum Gasteiger partial charge on any atom is -0.384 e. The number of unbranched alkanes of at least 4 members (excludes halogenated alkanes) is 3. The summed E-state index contributed by atoms with van der Waals surface area (Å²) in [5.41, 5.74) is 10.2. The van der Waals surface area contributed by atoms with E-state index in [0.29, 0.717) is 6.42 Å². The smallest absolute Gasteiger partial charge is 0.217 e. The van der Waals surface area contributed by atoms with E-state index in [2.05, 4.69) is 29.6 Å². The molecule has 122 valence electrons. The molecule has 4 nitrogen and oxygen atoms in total. The van der Waals surface area contributed by atoms with Crippen LogP contribution in [-0.2, 0) is 17.6 Å². The van der Waals surface area contributed by atoms with E-state index >= 15 is 0 Å². The Hall–Kier alpha value is -2.10. The Morgan fingerprint density at radius 2 is 1.96 bits per heavy atom. The molecule has 0 aliphatic heterocycles. The monoisotopic (exact) mass is 311 g/mol. The first-order valence-electron chi connectivity index (χ1n) is 8.68. The lowest BCUT2D eigenvalue weighted by atomic mass is 10.1. The minimum atomic E-state index is -0.193. The maximum Gasteiger partial charge on any atom is 0.217 e. The number of anilines is 1. The Bertz CT molecular complexity index is 696. The van der Waals surface area contributed by atoms with Crippen molar-refractivity contribution in [1.82, 2.24) is 4.98 Å². The third-order valence-electron chi connectivity index (χ3n) is 4.57. The quantitative estimate of drug-likeness (QED) is 0.732. The number of nitrogens with two attached hydrogens (primary N) is 1. The minimum absolute atomic E-state index is 0.193. The van der Waals surface area contributed by atoms with E-state index < -0.39 is 0 Å². The van der Waals surface area contributed by atoms with Gasteiger partial charge < -0.3 is 11.1 Å². The van der Waals surface area contributed by atoms with Crippen LogP contribution in [0.15, 0.2) is 24.3 Å². The number of amides is 1. The molecule has 2 aromatic rings. The Morgan fingerprint density at radius 1 is 1.13 bits per heavy atom. The maximum atomic E-state index is 10.7. The third kappa shape index (κ3) is 3.81. The van der Waals surface area contributed by atoms with Gasteiger partial charge in [-0.15, -0.1) is 0 Å². The molecule has 0 atom stereocenters. The van der Waals surface area contributed by atoms with Gasteiger partial charge in [0.15, 0.2) is 0 Å². The molecule has 1 aliphatic rings. The van der Waals surface area contributed by atoms with Crippen molar-refractivity contribution < 1.29 is 4.79 Å². The van der Waals surface area contributed by atoms with Gasteiger partial charge >= 0.3 is 0 Å². The summed E-state index contributed by atoms with van der Waals surface area (Å²) in [6.07, 6.45) is 8.17. The molecule has 1 heterocycles. The summed E-state index contributed by atoms with van der Waals surface area (Å²) in [6, 6.07) is 8.40. The maximum absolute atomic E-state index is 10.7. The average Bonchev–Trinajstić information content (AvgIpc) is 3.00. The molecule has 3 N–H and O–H groups in total. The van der Waals surface area contributed by atoms with Crippen LogP contribution in [0, 0.1) is 0 Å². The number of aryl methyl sites for hydroxylation is 1. The summed E-state index contributed by atoms with van der Waals surface area (Å²) in [7, 11) is 0. The number of carbonyl (C=O) groups excluding carboxylic acids is 1. The Balaban J connectivity index is 1.60. The van der Waals surface area contributed by atoms with Crippen molar-refractivity contribution in [3.63, 3.8) is 0 Å². The van der Waals surface area contributed by atoms with E-state index in [1.54, 1.807) is 0 Å². The fourth-order valence-electron chi connectivity index (χ4n) is 3.40. The zero-order valence-corrected chi connectivity index (χ0v) is 13.6. The highest BCUT2D eigenvalue weighted by atomic mass is 16.1. The van der Waals surface area contributed by atoms with Crippen LogP contribution >= 0.6 is 0 Å². The van der Waals surface area contributed by atoms with Crippen LogP contribution in [0.3, 0.4) is 0 Å². The number of carbonyl (C=O) groups is 1. The lowest BCUT2D eigenvalue weighted by molar-refractivity contribution is -0.118. The second-order valence-electron chi connectivity index (χ2n) is 6.34. The molecule has 1 aromatic heterocycles. The number of rotatable bonds is 8. The van der Waals surface area contributed by atoms with Crippen LogP contribution in [0.1, 0.15) is 49.8 Å². The number of nitrogens with zero attached hydrogens (tertiary/aromatic N) is 1. The molecule has 0 unspecified atom stereocenters. The van der Waals surface area contributed by atoms with Gasteiger partial charge in [0.1, 0.15) is 0 Å². The van der Waals surface area contributed by atoms with Crippen LogP contribution in [0.4, 0.5) is 5.69 Å². The van der Waals surface area contributed by atoms with E-state index in [9.17, 15) is 4.79 Å². The van der Waals surface area contributed by atoms with Gasteiger partial charge in [0.25, 0.3) is 0 Å². The molecule has 0 saturated carbocycles. The number of nitrogens with one attached hydrogen (secondary N) is 1. The number of aromatic nitrogens is 1. The highest BCUT2D eigenvalue weighted by molar-refractivity contribution is 5.93. The van der Waals surface area contributed by atoms with Crippen LogP contribution in [-0.4, -0.2) is 17.4 Å². The third-order valence-corrected chi connectivity index (χ3v) is 4.57. The van der Waals surface area contributed by atoms with Crippen molar-refractivity contribution in [2.45, 2.75) is 51.4 Å². The van der Waals surface area contributed by atoms with Crippen LogP contribution in [0.2, 0.25) is 0 Å². The molecule has 3 rings (SSSR count). The summed E-state index contributed by atoms with van der Waals surface area (Å²) in [5.74, 6) is -0.193. The van der Waals surface area contributed by atoms with Gasteiger partial charge in [-0.05, 0) is 43.7 Å². The lowest BCUT2D eigenvalue weighted by Gasteiger charge is -2.14. The SMILES string of the molecule is NC(=O)CCCCCCNc1c2c(nc3ccccc13)CCC2. The molecule has 0 spiro atoms. The van der Waals surface area contributed by atoms with E-state index in [4.69, 9.17) is 10.7 Å². The summed E-state index contributed by atoms with van der Waals surface area (Å²) < 4.78 is 0. The van der Waals surface area contributed by atoms with E-state index in [1.807, 2.05) is 0 Å². The first-order valence-corrected chi connectivity index (χ1v) is 8.68. The topological polar surface area (TPSA) is 68.0 Å². The van der Waals surface area contributed by atoms with Crippen LogP contribution < -0.4 is 11.1 Å². The van der Waals surface area contributed by atoms with Crippen molar-refractivity contribution >= 4 is 22.5 Å². The van der Waals surface area contributed by atoms with Gasteiger partial charge in [-0.1, -0.05) is 31.0 Å².